The van der Waals surface area contributed by atoms with Crippen molar-refractivity contribution in [3.05, 3.63) is 65.7 Å². The van der Waals surface area contributed by atoms with Gasteiger partial charge in [0, 0.05) is 36.6 Å². The molecule has 33 heavy (non-hydrogen) atoms. The molecule has 0 fully saturated rings. The second-order valence-electron chi connectivity index (χ2n) is 7.36. The van der Waals surface area contributed by atoms with E-state index in [9.17, 15) is 18.0 Å². The minimum Gasteiger partial charge on any atom is -0.497 e. The summed E-state index contributed by atoms with van der Waals surface area (Å²) in [6.07, 6.45) is -2.39. The van der Waals surface area contributed by atoms with Crippen molar-refractivity contribution in [3.8, 4) is 17.0 Å². The molecule has 0 spiro atoms. The zero-order chi connectivity index (χ0) is 23.6. The predicted molar refractivity (Wildman–Crippen MR) is 114 cm³/mol. The summed E-state index contributed by atoms with van der Waals surface area (Å²) in [5.41, 5.74) is 0.346. The number of alkyl halides is 3. The third-order valence-electron chi connectivity index (χ3n) is 5.10. The molecular weight excluding hydrogens is 437 g/mol. The number of hydrogen-bond acceptors (Lipinski definition) is 5. The van der Waals surface area contributed by atoms with Gasteiger partial charge in [0.05, 0.1) is 12.8 Å². The molecular formula is C22H21F3N6O2. The Morgan fingerprint density at radius 3 is 2.55 bits per heavy atom. The van der Waals surface area contributed by atoms with Gasteiger partial charge >= 0.3 is 6.18 Å². The molecule has 0 bridgehead atoms. The van der Waals surface area contributed by atoms with E-state index in [1.165, 1.54) is 13.2 Å². The van der Waals surface area contributed by atoms with E-state index in [0.29, 0.717) is 35.3 Å². The van der Waals surface area contributed by atoms with Gasteiger partial charge in [-0.05, 0) is 49.7 Å². The van der Waals surface area contributed by atoms with Gasteiger partial charge in [0.1, 0.15) is 5.75 Å². The maximum atomic E-state index is 13.7. The molecule has 3 heterocycles. The quantitative estimate of drug-likeness (QED) is 0.427. The Hall–Kier alpha value is -3.89. The Kier molecular flexibility index (Phi) is 6.03. The van der Waals surface area contributed by atoms with E-state index >= 15 is 0 Å². The number of amides is 1. The number of aromatic nitrogens is 5. The van der Waals surface area contributed by atoms with Crippen molar-refractivity contribution >= 4 is 11.6 Å². The summed E-state index contributed by atoms with van der Waals surface area (Å²) in [5, 5.41) is 10.7. The van der Waals surface area contributed by atoms with Gasteiger partial charge in [-0.2, -0.15) is 23.4 Å². The SMILES string of the molecule is COc1ccc(-c2cc(C(F)(F)F)n3nc(C(=O)NCCCn4nccc4C)cc3n2)cc1. The van der Waals surface area contributed by atoms with E-state index in [4.69, 9.17) is 4.74 Å². The van der Waals surface area contributed by atoms with Crippen molar-refractivity contribution in [2.75, 3.05) is 13.7 Å². The van der Waals surface area contributed by atoms with E-state index in [2.05, 4.69) is 20.5 Å². The van der Waals surface area contributed by atoms with E-state index in [1.807, 2.05) is 13.0 Å². The molecule has 0 saturated heterocycles. The summed E-state index contributed by atoms with van der Waals surface area (Å²) in [6.45, 7) is 2.85. The summed E-state index contributed by atoms with van der Waals surface area (Å²) in [5.74, 6) is -0.00119. The van der Waals surface area contributed by atoms with Gasteiger partial charge in [-0.25, -0.2) is 9.50 Å². The molecule has 3 aromatic heterocycles. The molecule has 0 saturated carbocycles. The molecule has 8 nitrogen and oxygen atoms in total. The van der Waals surface area contributed by atoms with E-state index in [1.54, 1.807) is 35.1 Å². The average Bonchev–Trinajstić information content (AvgIpc) is 3.41. The number of aryl methyl sites for hydroxylation is 2. The third kappa shape index (κ3) is 4.81. The van der Waals surface area contributed by atoms with Crippen molar-refractivity contribution in [2.24, 2.45) is 0 Å². The number of benzene rings is 1. The minimum atomic E-state index is -4.69. The topological polar surface area (TPSA) is 86.3 Å². The number of rotatable bonds is 7. The molecule has 0 aliphatic rings. The molecule has 11 heteroatoms. The van der Waals surface area contributed by atoms with Gasteiger partial charge in [-0.1, -0.05) is 0 Å². The molecule has 0 atom stereocenters. The van der Waals surface area contributed by atoms with E-state index < -0.39 is 17.8 Å². The molecule has 1 amide bonds. The lowest BCUT2D eigenvalue weighted by atomic mass is 10.1. The smallest absolute Gasteiger partial charge is 0.433 e. The Labute approximate surface area is 187 Å². The van der Waals surface area contributed by atoms with Crippen molar-refractivity contribution in [3.63, 3.8) is 0 Å². The van der Waals surface area contributed by atoms with Gasteiger partial charge in [0.25, 0.3) is 5.91 Å². The largest absolute Gasteiger partial charge is 0.497 e. The summed E-state index contributed by atoms with van der Waals surface area (Å²) < 4.78 is 48.8. The number of halogens is 3. The Bertz CT molecular complexity index is 1280. The van der Waals surface area contributed by atoms with Crippen LogP contribution in [-0.4, -0.2) is 43.9 Å². The van der Waals surface area contributed by atoms with Crippen LogP contribution in [-0.2, 0) is 12.7 Å². The van der Waals surface area contributed by atoms with Crippen molar-refractivity contribution in [2.45, 2.75) is 26.1 Å². The van der Waals surface area contributed by atoms with Gasteiger partial charge in [0.2, 0.25) is 0 Å². The molecule has 4 aromatic rings. The normalized spacial score (nSPS) is 11.7. The van der Waals surface area contributed by atoms with E-state index in [0.717, 1.165) is 11.8 Å². The lowest BCUT2D eigenvalue weighted by Crippen LogP contribution is -2.26. The number of ether oxygens (including phenoxy) is 1. The van der Waals surface area contributed by atoms with Crippen LogP contribution >= 0.6 is 0 Å². The number of methoxy groups -OCH3 is 1. The molecule has 1 N–H and O–H groups in total. The predicted octanol–water partition coefficient (Wildman–Crippen LogP) is 3.75. The summed E-state index contributed by atoms with van der Waals surface area (Å²) in [7, 11) is 1.50. The summed E-state index contributed by atoms with van der Waals surface area (Å²) >= 11 is 0. The second-order valence-corrected chi connectivity index (χ2v) is 7.36. The highest BCUT2D eigenvalue weighted by atomic mass is 19.4. The Morgan fingerprint density at radius 2 is 1.91 bits per heavy atom. The van der Waals surface area contributed by atoms with Crippen LogP contribution in [0, 0.1) is 6.92 Å². The molecule has 4 rings (SSSR count). The summed E-state index contributed by atoms with van der Waals surface area (Å²) in [6, 6.07) is 10.5. The van der Waals surface area contributed by atoms with Crippen LogP contribution in [0.4, 0.5) is 13.2 Å². The monoisotopic (exact) mass is 458 g/mol. The lowest BCUT2D eigenvalue weighted by molar-refractivity contribution is -0.142. The first-order chi connectivity index (χ1) is 15.8. The Morgan fingerprint density at radius 1 is 1.15 bits per heavy atom. The molecule has 0 unspecified atom stereocenters. The summed E-state index contributed by atoms with van der Waals surface area (Å²) in [4.78, 5) is 16.8. The second kappa shape index (κ2) is 8.93. The maximum absolute atomic E-state index is 13.7. The molecule has 0 aliphatic heterocycles. The first-order valence-corrected chi connectivity index (χ1v) is 10.2. The van der Waals surface area contributed by atoms with Gasteiger partial charge in [0.15, 0.2) is 17.0 Å². The number of fused-ring (bicyclic) bond motifs is 1. The van der Waals surface area contributed by atoms with Crippen molar-refractivity contribution in [1.29, 1.82) is 0 Å². The molecule has 1 aromatic carbocycles. The van der Waals surface area contributed by atoms with Crippen molar-refractivity contribution < 1.29 is 22.7 Å². The van der Waals surface area contributed by atoms with Crippen molar-refractivity contribution in [1.82, 2.24) is 29.7 Å². The third-order valence-corrected chi connectivity index (χ3v) is 5.10. The zero-order valence-corrected chi connectivity index (χ0v) is 17.9. The first-order valence-electron chi connectivity index (χ1n) is 10.2. The fourth-order valence-electron chi connectivity index (χ4n) is 3.35. The molecule has 0 aliphatic carbocycles. The first kappa shape index (κ1) is 22.3. The molecule has 0 radical (unpaired) electrons. The molecule has 172 valence electrons. The van der Waals surface area contributed by atoms with Gasteiger partial charge < -0.3 is 10.1 Å². The highest BCUT2D eigenvalue weighted by Gasteiger charge is 2.35. The van der Waals surface area contributed by atoms with E-state index in [-0.39, 0.29) is 17.0 Å². The number of carbonyl (C=O) groups is 1. The number of nitrogens with one attached hydrogen (secondary N) is 1. The van der Waals surface area contributed by atoms with Crippen LogP contribution in [0.3, 0.4) is 0 Å². The van der Waals surface area contributed by atoms with Gasteiger partial charge in [-0.15, -0.1) is 0 Å². The lowest BCUT2D eigenvalue weighted by Gasteiger charge is -2.11. The number of carbonyl (C=O) groups excluding carboxylic acids is 1. The Balaban J connectivity index is 1.57. The standard InChI is InChI=1S/C22H21F3N6O2/c1-14-8-10-27-30(14)11-3-9-26-21(32)18-13-20-28-17(15-4-6-16(33-2)7-5-15)12-19(22(23,24)25)31(20)29-18/h4-8,10,12-13H,3,9,11H2,1-2H3,(H,26,32). The van der Waals surface area contributed by atoms with Crippen LogP contribution in [0.5, 0.6) is 5.75 Å². The number of hydrogen-bond donors (Lipinski definition) is 1. The van der Waals surface area contributed by atoms with Crippen LogP contribution in [0.1, 0.15) is 28.3 Å². The zero-order valence-electron chi connectivity index (χ0n) is 17.9. The van der Waals surface area contributed by atoms with Crippen LogP contribution in [0.2, 0.25) is 0 Å². The van der Waals surface area contributed by atoms with Crippen LogP contribution < -0.4 is 10.1 Å². The number of nitrogens with zero attached hydrogens (tertiary/aromatic N) is 5. The maximum Gasteiger partial charge on any atom is 0.433 e. The fourth-order valence-corrected chi connectivity index (χ4v) is 3.35. The van der Waals surface area contributed by atoms with Crippen LogP contribution in [0.25, 0.3) is 16.9 Å². The van der Waals surface area contributed by atoms with Gasteiger partial charge in [-0.3, -0.25) is 9.48 Å². The average molecular weight is 458 g/mol. The highest BCUT2D eigenvalue weighted by Crippen LogP contribution is 2.32. The van der Waals surface area contributed by atoms with Crippen LogP contribution in [0.15, 0.2) is 48.7 Å². The fraction of sp³-hybridized carbons (Fsp3) is 0.273. The highest BCUT2D eigenvalue weighted by molar-refractivity contribution is 5.93. The minimum absolute atomic E-state index is 0.0760.